The minimum absolute atomic E-state index is 0.0290. The molecule has 0 aliphatic carbocycles. The maximum Gasteiger partial charge on any atom is 0.275 e. The molecule has 1 aliphatic rings. The fraction of sp³-hybridized carbons (Fsp3) is 0.368. The predicted molar refractivity (Wildman–Crippen MR) is 97.3 cm³/mol. The molecule has 0 unspecified atom stereocenters. The molecule has 1 aliphatic heterocycles. The Kier molecular flexibility index (Phi) is 5.46. The summed E-state index contributed by atoms with van der Waals surface area (Å²) in [5.74, 6) is -0.532. The van der Waals surface area contributed by atoms with Crippen LogP contribution in [0.25, 0.3) is 5.69 Å². The molecule has 0 radical (unpaired) electrons. The number of likely N-dealkylation sites (tertiary alicyclic amines) is 1. The van der Waals surface area contributed by atoms with Gasteiger partial charge in [0.05, 0.1) is 5.69 Å². The predicted octanol–water partition coefficient (Wildman–Crippen LogP) is 1.28. The van der Waals surface area contributed by atoms with Gasteiger partial charge in [-0.05, 0) is 31.9 Å². The lowest BCUT2D eigenvalue weighted by Gasteiger charge is -2.15. The van der Waals surface area contributed by atoms with Gasteiger partial charge in [0.1, 0.15) is 0 Å². The Labute approximate surface area is 151 Å². The molecule has 0 spiro atoms. The molecule has 26 heavy (non-hydrogen) atoms. The van der Waals surface area contributed by atoms with Gasteiger partial charge in [-0.25, -0.2) is 4.68 Å². The van der Waals surface area contributed by atoms with E-state index >= 15 is 0 Å². The number of amides is 2. The Morgan fingerprint density at radius 1 is 1.15 bits per heavy atom. The fourth-order valence-electron chi connectivity index (χ4n) is 3.03. The normalized spacial score (nSPS) is 13.7. The topological polar surface area (TPSA) is 84.3 Å². The summed E-state index contributed by atoms with van der Waals surface area (Å²) in [6, 6.07) is 10.7. The highest BCUT2D eigenvalue weighted by Gasteiger charge is 2.19. The van der Waals surface area contributed by atoms with E-state index in [1.807, 2.05) is 30.3 Å². The first-order valence-corrected chi connectivity index (χ1v) is 8.78. The average Bonchev–Trinajstić information content (AvgIpc) is 3.17. The van der Waals surface area contributed by atoms with Crippen LogP contribution in [-0.2, 0) is 4.79 Å². The van der Waals surface area contributed by atoms with Crippen LogP contribution in [0, 0.1) is 6.92 Å². The summed E-state index contributed by atoms with van der Waals surface area (Å²) in [5.41, 5.74) is 0.802. The first kappa shape index (κ1) is 17.8. The number of aryl methyl sites for hydroxylation is 1. The molecule has 7 nitrogen and oxygen atoms in total. The van der Waals surface area contributed by atoms with Crippen LogP contribution < -0.4 is 10.7 Å². The molecule has 0 atom stereocenters. The number of para-hydroxylation sites is 1. The van der Waals surface area contributed by atoms with Gasteiger partial charge in [-0.15, -0.1) is 0 Å². The molecule has 1 aromatic carbocycles. The molecule has 2 heterocycles. The first-order chi connectivity index (χ1) is 12.6. The Balaban J connectivity index is 1.69. The fourth-order valence-corrected chi connectivity index (χ4v) is 3.03. The van der Waals surface area contributed by atoms with Gasteiger partial charge in [-0.1, -0.05) is 18.2 Å². The van der Waals surface area contributed by atoms with Crippen LogP contribution in [0.3, 0.4) is 0 Å². The minimum atomic E-state index is -0.561. The zero-order chi connectivity index (χ0) is 18.5. The van der Waals surface area contributed by atoms with Crippen molar-refractivity contribution in [3.8, 4) is 5.69 Å². The molecule has 1 saturated heterocycles. The number of hydrogen-bond acceptors (Lipinski definition) is 4. The Morgan fingerprint density at radius 3 is 2.54 bits per heavy atom. The zero-order valence-corrected chi connectivity index (χ0v) is 14.8. The van der Waals surface area contributed by atoms with E-state index in [1.54, 1.807) is 16.5 Å². The van der Waals surface area contributed by atoms with Gasteiger partial charge in [0.15, 0.2) is 5.69 Å². The standard InChI is InChI=1S/C19H22N4O3/c1-14-13-16(24)18(21-23(14)15-7-3-2-4-8-15)19(26)20-10-9-17(25)22-11-5-6-12-22/h2-4,7-8,13H,5-6,9-12H2,1H3,(H,20,26). The first-order valence-electron chi connectivity index (χ1n) is 8.78. The summed E-state index contributed by atoms with van der Waals surface area (Å²) >= 11 is 0. The van der Waals surface area contributed by atoms with Crippen molar-refractivity contribution in [2.24, 2.45) is 0 Å². The average molecular weight is 354 g/mol. The summed E-state index contributed by atoms with van der Waals surface area (Å²) in [6.07, 6.45) is 2.29. The monoisotopic (exact) mass is 354 g/mol. The van der Waals surface area contributed by atoms with Gasteiger partial charge in [0, 0.05) is 37.8 Å². The van der Waals surface area contributed by atoms with Crippen LogP contribution in [0.5, 0.6) is 0 Å². The van der Waals surface area contributed by atoms with E-state index in [0.29, 0.717) is 5.69 Å². The molecule has 2 amide bonds. The van der Waals surface area contributed by atoms with Crippen molar-refractivity contribution in [2.45, 2.75) is 26.2 Å². The lowest BCUT2D eigenvalue weighted by molar-refractivity contribution is -0.129. The third-order valence-electron chi connectivity index (χ3n) is 4.41. The molecule has 1 N–H and O–H groups in total. The van der Waals surface area contributed by atoms with Crippen molar-refractivity contribution in [2.75, 3.05) is 19.6 Å². The summed E-state index contributed by atoms with van der Waals surface area (Å²) < 4.78 is 1.56. The van der Waals surface area contributed by atoms with Gasteiger partial charge in [-0.3, -0.25) is 14.4 Å². The van der Waals surface area contributed by atoms with Crippen molar-refractivity contribution >= 4 is 11.8 Å². The highest BCUT2D eigenvalue weighted by atomic mass is 16.2. The second-order valence-electron chi connectivity index (χ2n) is 6.34. The quantitative estimate of drug-likeness (QED) is 0.877. The highest BCUT2D eigenvalue weighted by Crippen LogP contribution is 2.09. The lowest BCUT2D eigenvalue weighted by atomic mass is 10.2. The van der Waals surface area contributed by atoms with Crippen molar-refractivity contribution in [1.29, 1.82) is 0 Å². The van der Waals surface area contributed by atoms with Crippen LogP contribution in [0.15, 0.2) is 41.2 Å². The Morgan fingerprint density at radius 2 is 1.85 bits per heavy atom. The molecule has 3 rings (SSSR count). The van der Waals surface area contributed by atoms with E-state index in [2.05, 4.69) is 10.4 Å². The van der Waals surface area contributed by atoms with Crippen LogP contribution in [0.1, 0.15) is 35.4 Å². The van der Waals surface area contributed by atoms with Crippen molar-refractivity contribution in [1.82, 2.24) is 20.0 Å². The van der Waals surface area contributed by atoms with Gasteiger partial charge >= 0.3 is 0 Å². The summed E-state index contributed by atoms with van der Waals surface area (Å²) in [5, 5.41) is 6.84. The second-order valence-corrected chi connectivity index (χ2v) is 6.34. The van der Waals surface area contributed by atoms with Gasteiger partial charge < -0.3 is 10.2 Å². The van der Waals surface area contributed by atoms with E-state index in [1.165, 1.54) is 6.07 Å². The Bertz CT molecular complexity index is 855. The largest absolute Gasteiger partial charge is 0.350 e. The van der Waals surface area contributed by atoms with Gasteiger partial charge in [-0.2, -0.15) is 5.10 Å². The van der Waals surface area contributed by atoms with E-state index in [4.69, 9.17) is 0 Å². The minimum Gasteiger partial charge on any atom is -0.350 e. The van der Waals surface area contributed by atoms with E-state index < -0.39 is 11.3 Å². The molecule has 136 valence electrons. The number of carbonyl (C=O) groups excluding carboxylic acids is 2. The second kappa shape index (κ2) is 7.95. The number of hydrogen-bond donors (Lipinski definition) is 1. The number of carbonyl (C=O) groups is 2. The van der Waals surface area contributed by atoms with Gasteiger partial charge in [0.2, 0.25) is 11.3 Å². The smallest absolute Gasteiger partial charge is 0.275 e. The van der Waals surface area contributed by atoms with Crippen LogP contribution >= 0.6 is 0 Å². The number of rotatable bonds is 5. The molecular weight excluding hydrogens is 332 g/mol. The molecule has 1 fully saturated rings. The maximum atomic E-state index is 12.4. The SMILES string of the molecule is Cc1cc(=O)c(C(=O)NCCC(=O)N2CCCC2)nn1-c1ccccc1. The summed E-state index contributed by atoms with van der Waals surface area (Å²) in [4.78, 5) is 38.3. The Hall–Kier alpha value is -2.96. The van der Waals surface area contributed by atoms with Gasteiger partial charge in [0.25, 0.3) is 5.91 Å². The molecular formula is C19H22N4O3. The molecule has 0 bridgehead atoms. The van der Waals surface area contributed by atoms with Crippen LogP contribution in [0.4, 0.5) is 0 Å². The third kappa shape index (κ3) is 3.99. The zero-order valence-electron chi connectivity index (χ0n) is 14.8. The van der Waals surface area contributed by atoms with E-state index in [0.717, 1.165) is 31.6 Å². The van der Waals surface area contributed by atoms with Crippen molar-refractivity contribution in [3.63, 3.8) is 0 Å². The maximum absolute atomic E-state index is 12.4. The molecule has 1 aromatic heterocycles. The number of nitrogens with zero attached hydrogens (tertiary/aromatic N) is 3. The number of nitrogens with one attached hydrogen (secondary N) is 1. The van der Waals surface area contributed by atoms with E-state index in [-0.39, 0.29) is 24.6 Å². The summed E-state index contributed by atoms with van der Waals surface area (Å²) in [6.45, 7) is 3.52. The van der Waals surface area contributed by atoms with Crippen molar-refractivity contribution in [3.05, 3.63) is 58.0 Å². The molecule has 2 aromatic rings. The van der Waals surface area contributed by atoms with Crippen LogP contribution in [-0.4, -0.2) is 46.1 Å². The number of benzene rings is 1. The summed E-state index contributed by atoms with van der Waals surface area (Å²) in [7, 11) is 0. The van der Waals surface area contributed by atoms with Crippen LogP contribution in [0.2, 0.25) is 0 Å². The lowest BCUT2D eigenvalue weighted by Crippen LogP contribution is -2.35. The van der Waals surface area contributed by atoms with E-state index in [9.17, 15) is 14.4 Å². The molecule has 7 heteroatoms. The number of aromatic nitrogens is 2. The third-order valence-corrected chi connectivity index (χ3v) is 4.41. The highest BCUT2D eigenvalue weighted by molar-refractivity contribution is 5.92. The molecule has 0 saturated carbocycles. The van der Waals surface area contributed by atoms with Crippen molar-refractivity contribution < 1.29 is 9.59 Å².